The molecule has 3 rings (SSSR count). The Hall–Kier alpha value is -3.79. The number of hydrogen-bond acceptors (Lipinski definition) is 6. The number of amides is 3. The number of rotatable bonds is 17. The van der Waals surface area contributed by atoms with Crippen molar-refractivity contribution in [2.24, 2.45) is 5.92 Å². The first-order chi connectivity index (χ1) is 20.2. The molecule has 1 fully saturated rings. The second-order valence-electron chi connectivity index (χ2n) is 11.0. The van der Waals surface area contributed by atoms with E-state index in [9.17, 15) is 23.6 Å². The fourth-order valence-electron chi connectivity index (χ4n) is 4.81. The van der Waals surface area contributed by atoms with Crippen molar-refractivity contribution in [2.75, 3.05) is 52.4 Å². The Labute approximate surface area is 248 Å². The Morgan fingerprint density at radius 1 is 1.00 bits per heavy atom. The van der Waals surface area contributed by atoms with E-state index >= 15 is 0 Å². The third-order valence-electron chi connectivity index (χ3n) is 7.01. The van der Waals surface area contributed by atoms with Gasteiger partial charge in [0.2, 0.25) is 17.7 Å². The summed E-state index contributed by atoms with van der Waals surface area (Å²) in [7, 11) is 0. The molecule has 0 spiro atoms. The van der Waals surface area contributed by atoms with Gasteiger partial charge in [-0.1, -0.05) is 62.4 Å². The summed E-state index contributed by atoms with van der Waals surface area (Å²) in [5.41, 5.74) is 1.41. The molecule has 1 aliphatic rings. The van der Waals surface area contributed by atoms with E-state index in [1.807, 2.05) is 44.2 Å². The lowest BCUT2D eigenvalue weighted by molar-refractivity contribution is -0.151. The van der Waals surface area contributed by atoms with Gasteiger partial charge in [0.1, 0.15) is 19.0 Å². The van der Waals surface area contributed by atoms with Crippen LogP contribution < -0.4 is 5.32 Å². The Bertz CT molecular complexity index is 1180. The van der Waals surface area contributed by atoms with Gasteiger partial charge in [-0.05, 0) is 48.9 Å². The highest BCUT2D eigenvalue weighted by atomic mass is 19.1. The number of carbonyl (C=O) groups is 4. The number of halogens is 1. The Morgan fingerprint density at radius 2 is 1.74 bits per heavy atom. The van der Waals surface area contributed by atoms with E-state index in [0.29, 0.717) is 51.0 Å². The van der Waals surface area contributed by atoms with Crippen molar-refractivity contribution >= 4 is 23.7 Å². The standard InChI is InChI=1S/C32H43FN4O5/c1-25(2)21-37(30(39)20-34-16-15-27-12-6-7-13-28(27)33)22-31(40)36(19-9-18-35-17-8-14-29(35)38)23-32(41)42-24-26-10-4-3-5-11-26/h3-7,10-13,25,34H,8-9,14-24H2,1-2H3. The average Bonchev–Trinajstić information content (AvgIpc) is 3.38. The van der Waals surface area contributed by atoms with Crippen LogP contribution in [0.4, 0.5) is 4.39 Å². The predicted molar refractivity (Wildman–Crippen MR) is 158 cm³/mol. The van der Waals surface area contributed by atoms with Crippen molar-refractivity contribution in [3.63, 3.8) is 0 Å². The highest BCUT2D eigenvalue weighted by Gasteiger charge is 2.25. The van der Waals surface area contributed by atoms with Gasteiger partial charge in [-0.3, -0.25) is 19.2 Å². The molecule has 228 valence electrons. The lowest BCUT2D eigenvalue weighted by atomic mass is 10.1. The molecule has 1 heterocycles. The number of ether oxygens (including phenoxy) is 1. The number of carbonyl (C=O) groups excluding carboxylic acids is 4. The number of likely N-dealkylation sites (tertiary alicyclic amines) is 1. The third kappa shape index (κ3) is 11.2. The van der Waals surface area contributed by atoms with Gasteiger partial charge in [0, 0.05) is 32.6 Å². The number of esters is 1. The maximum absolute atomic E-state index is 13.9. The van der Waals surface area contributed by atoms with Gasteiger partial charge in [-0.25, -0.2) is 4.39 Å². The molecule has 3 amide bonds. The van der Waals surface area contributed by atoms with Crippen molar-refractivity contribution in [1.29, 1.82) is 0 Å². The topological polar surface area (TPSA) is 99.3 Å². The summed E-state index contributed by atoms with van der Waals surface area (Å²) >= 11 is 0. The summed E-state index contributed by atoms with van der Waals surface area (Å²) in [6, 6.07) is 15.8. The number of benzene rings is 2. The van der Waals surface area contributed by atoms with Crippen LogP contribution in [0.1, 0.15) is 44.2 Å². The minimum atomic E-state index is -0.541. The van der Waals surface area contributed by atoms with Gasteiger partial charge in [0.05, 0.1) is 13.1 Å². The van der Waals surface area contributed by atoms with Crippen LogP contribution in [0.5, 0.6) is 0 Å². The van der Waals surface area contributed by atoms with Gasteiger partial charge in [-0.15, -0.1) is 0 Å². The largest absolute Gasteiger partial charge is 0.459 e. The highest BCUT2D eigenvalue weighted by Crippen LogP contribution is 2.11. The molecule has 2 aromatic rings. The minimum Gasteiger partial charge on any atom is -0.459 e. The van der Waals surface area contributed by atoms with Crippen LogP contribution in [-0.4, -0.2) is 90.7 Å². The van der Waals surface area contributed by atoms with Crippen LogP contribution >= 0.6 is 0 Å². The molecule has 1 aliphatic heterocycles. The second-order valence-corrected chi connectivity index (χ2v) is 11.0. The van der Waals surface area contributed by atoms with E-state index in [1.54, 1.807) is 23.1 Å². The second kappa shape index (κ2) is 17.2. The van der Waals surface area contributed by atoms with Crippen LogP contribution in [0.15, 0.2) is 54.6 Å². The minimum absolute atomic E-state index is 0.00460. The SMILES string of the molecule is CC(C)CN(CC(=O)N(CCCN1CCCC1=O)CC(=O)OCc1ccccc1)C(=O)CNCCc1ccccc1F. The molecule has 0 unspecified atom stereocenters. The molecule has 0 saturated carbocycles. The monoisotopic (exact) mass is 582 g/mol. The molecule has 1 N–H and O–H groups in total. The maximum atomic E-state index is 13.9. The van der Waals surface area contributed by atoms with E-state index < -0.39 is 5.97 Å². The first-order valence-electron chi connectivity index (χ1n) is 14.7. The van der Waals surface area contributed by atoms with Gasteiger partial charge in [-0.2, -0.15) is 0 Å². The summed E-state index contributed by atoms with van der Waals surface area (Å²) in [5.74, 6) is -1.22. The molecule has 2 aromatic carbocycles. The average molecular weight is 583 g/mol. The zero-order chi connectivity index (χ0) is 30.3. The normalized spacial score (nSPS) is 13.0. The Kier molecular flexibility index (Phi) is 13.4. The van der Waals surface area contributed by atoms with Crippen molar-refractivity contribution in [3.8, 4) is 0 Å². The molecule has 0 atom stereocenters. The van der Waals surface area contributed by atoms with E-state index in [2.05, 4.69) is 5.32 Å². The van der Waals surface area contributed by atoms with Gasteiger partial charge in [0.25, 0.3) is 0 Å². The van der Waals surface area contributed by atoms with Crippen LogP contribution in [-0.2, 0) is 36.9 Å². The molecular weight excluding hydrogens is 539 g/mol. The number of nitrogens with one attached hydrogen (secondary N) is 1. The summed E-state index contributed by atoms with van der Waals surface area (Å²) in [6.07, 6.45) is 2.31. The Balaban J connectivity index is 1.57. The summed E-state index contributed by atoms with van der Waals surface area (Å²) in [5, 5.41) is 3.06. The van der Waals surface area contributed by atoms with Gasteiger partial charge >= 0.3 is 5.97 Å². The zero-order valence-corrected chi connectivity index (χ0v) is 24.7. The number of hydrogen-bond donors (Lipinski definition) is 1. The van der Waals surface area contributed by atoms with Crippen molar-refractivity contribution in [3.05, 3.63) is 71.5 Å². The van der Waals surface area contributed by atoms with Crippen LogP contribution in [0.25, 0.3) is 0 Å². The maximum Gasteiger partial charge on any atom is 0.325 e. The fourth-order valence-corrected chi connectivity index (χ4v) is 4.81. The molecule has 0 bridgehead atoms. The summed E-state index contributed by atoms with van der Waals surface area (Å²) < 4.78 is 19.3. The first kappa shape index (κ1) is 32.7. The van der Waals surface area contributed by atoms with Crippen LogP contribution in [0, 0.1) is 11.7 Å². The van der Waals surface area contributed by atoms with Crippen molar-refractivity contribution in [1.82, 2.24) is 20.0 Å². The quantitative estimate of drug-likeness (QED) is 0.228. The lowest BCUT2D eigenvalue weighted by Gasteiger charge is -2.29. The molecular formula is C32H43FN4O5. The van der Waals surface area contributed by atoms with Crippen molar-refractivity contribution < 1.29 is 28.3 Å². The van der Waals surface area contributed by atoms with Gasteiger partial charge < -0.3 is 24.8 Å². The predicted octanol–water partition coefficient (Wildman–Crippen LogP) is 3.03. The molecule has 9 nitrogen and oxygen atoms in total. The molecule has 42 heavy (non-hydrogen) atoms. The van der Waals surface area contributed by atoms with E-state index in [4.69, 9.17) is 4.74 Å². The molecule has 0 aliphatic carbocycles. The molecule has 10 heteroatoms. The lowest BCUT2D eigenvalue weighted by Crippen LogP contribution is -2.48. The third-order valence-corrected chi connectivity index (χ3v) is 7.01. The fraction of sp³-hybridized carbons (Fsp3) is 0.500. The van der Waals surface area contributed by atoms with E-state index in [0.717, 1.165) is 12.0 Å². The van der Waals surface area contributed by atoms with Crippen LogP contribution in [0.2, 0.25) is 0 Å². The Morgan fingerprint density at radius 3 is 2.43 bits per heavy atom. The molecule has 1 saturated heterocycles. The van der Waals surface area contributed by atoms with E-state index in [-0.39, 0.29) is 62.2 Å². The molecule has 0 aromatic heterocycles. The summed E-state index contributed by atoms with van der Waals surface area (Å²) in [6.45, 7) is 5.83. The van der Waals surface area contributed by atoms with Gasteiger partial charge in [0.15, 0.2) is 0 Å². The summed E-state index contributed by atoms with van der Waals surface area (Å²) in [4.78, 5) is 56.0. The van der Waals surface area contributed by atoms with Crippen molar-refractivity contribution in [2.45, 2.75) is 46.1 Å². The smallest absolute Gasteiger partial charge is 0.325 e. The van der Waals surface area contributed by atoms with Crippen LogP contribution in [0.3, 0.4) is 0 Å². The zero-order valence-electron chi connectivity index (χ0n) is 24.7. The number of nitrogens with zero attached hydrogens (tertiary/aromatic N) is 3. The van der Waals surface area contributed by atoms with E-state index in [1.165, 1.54) is 15.9 Å². The highest BCUT2D eigenvalue weighted by molar-refractivity contribution is 5.87. The molecule has 0 radical (unpaired) electrons. The first-order valence-corrected chi connectivity index (χ1v) is 14.7.